The molecule has 3 rings (SSSR count). The first-order valence-electron chi connectivity index (χ1n) is 10.2. The Morgan fingerprint density at radius 3 is 2.30 bits per heavy atom. The highest BCUT2D eigenvalue weighted by Crippen LogP contribution is 2.27. The van der Waals surface area contributed by atoms with Crippen molar-refractivity contribution in [3.8, 4) is 11.5 Å². The normalized spacial score (nSPS) is 10.2. The van der Waals surface area contributed by atoms with Crippen LogP contribution in [-0.2, 0) is 4.79 Å². The summed E-state index contributed by atoms with van der Waals surface area (Å²) >= 11 is 1.36. The summed E-state index contributed by atoms with van der Waals surface area (Å²) < 4.78 is 10.8. The van der Waals surface area contributed by atoms with Gasteiger partial charge in [0, 0.05) is 24.3 Å². The first kappa shape index (κ1) is 23.8. The lowest BCUT2D eigenvalue weighted by Crippen LogP contribution is -2.34. The zero-order valence-electron chi connectivity index (χ0n) is 18.3. The summed E-state index contributed by atoms with van der Waals surface area (Å²) in [6, 6.07) is 15.5. The number of ether oxygens (including phenoxy) is 2. The predicted molar refractivity (Wildman–Crippen MR) is 127 cm³/mol. The van der Waals surface area contributed by atoms with Crippen LogP contribution in [0.15, 0.2) is 60.0 Å². The molecule has 0 aliphatic carbocycles. The van der Waals surface area contributed by atoms with Crippen LogP contribution in [0.1, 0.15) is 25.6 Å². The van der Waals surface area contributed by atoms with Crippen molar-refractivity contribution in [1.29, 1.82) is 0 Å². The van der Waals surface area contributed by atoms with E-state index in [2.05, 4.69) is 16.0 Å². The molecule has 0 saturated carbocycles. The molecule has 0 bridgehead atoms. The van der Waals surface area contributed by atoms with E-state index in [1.54, 1.807) is 43.5 Å². The van der Waals surface area contributed by atoms with Crippen molar-refractivity contribution in [1.82, 2.24) is 10.6 Å². The second-order valence-corrected chi connectivity index (χ2v) is 8.01. The Hall–Kier alpha value is -3.85. The molecule has 0 radical (unpaired) electrons. The van der Waals surface area contributed by atoms with Crippen molar-refractivity contribution < 1.29 is 23.9 Å². The van der Waals surface area contributed by atoms with Crippen LogP contribution < -0.4 is 25.4 Å². The number of thiophene rings is 1. The minimum atomic E-state index is -0.337. The number of aryl methyl sites for hydroxylation is 1. The third-order valence-corrected chi connectivity index (χ3v) is 5.42. The van der Waals surface area contributed by atoms with Gasteiger partial charge in [-0.25, -0.2) is 0 Å². The molecule has 0 aliphatic rings. The fraction of sp³-hybridized carbons (Fsp3) is 0.208. The molecule has 0 saturated heterocycles. The minimum absolute atomic E-state index is 0.163. The summed E-state index contributed by atoms with van der Waals surface area (Å²) in [6.07, 6.45) is 0. The van der Waals surface area contributed by atoms with Gasteiger partial charge in [0.25, 0.3) is 17.7 Å². The monoisotopic (exact) mass is 467 g/mol. The van der Waals surface area contributed by atoms with Crippen LogP contribution in [0, 0.1) is 6.92 Å². The minimum Gasteiger partial charge on any atom is -0.493 e. The van der Waals surface area contributed by atoms with Crippen LogP contribution >= 0.6 is 11.3 Å². The van der Waals surface area contributed by atoms with Crippen LogP contribution in [0.4, 0.5) is 5.69 Å². The average Bonchev–Trinajstić information content (AvgIpc) is 3.36. The van der Waals surface area contributed by atoms with Gasteiger partial charge in [0.05, 0.1) is 12.0 Å². The van der Waals surface area contributed by atoms with E-state index in [-0.39, 0.29) is 24.3 Å². The molecule has 0 spiro atoms. The first-order chi connectivity index (χ1) is 16.0. The molecule has 0 fully saturated rings. The number of nitrogens with one attached hydrogen (secondary N) is 3. The van der Waals surface area contributed by atoms with Gasteiger partial charge in [-0.05, 0) is 60.3 Å². The number of anilines is 1. The first-order valence-corrected chi connectivity index (χ1v) is 11.1. The van der Waals surface area contributed by atoms with Crippen LogP contribution in [0.3, 0.4) is 0 Å². The van der Waals surface area contributed by atoms with Gasteiger partial charge < -0.3 is 25.4 Å². The summed E-state index contributed by atoms with van der Waals surface area (Å²) in [5.41, 5.74) is 2.01. The fourth-order valence-corrected chi connectivity index (χ4v) is 3.53. The Balaban J connectivity index is 1.41. The molecular weight excluding hydrogens is 442 g/mol. The SMILES string of the molecule is COc1cc(C)ccc1OCC(=O)Nc1ccc(C(=O)NCCNC(=O)c2cccs2)cc1. The quantitative estimate of drug-likeness (QED) is 0.397. The average molecular weight is 468 g/mol. The van der Waals surface area contributed by atoms with Gasteiger partial charge in [0.2, 0.25) is 0 Å². The molecule has 1 aromatic heterocycles. The lowest BCUT2D eigenvalue weighted by atomic mass is 10.2. The van der Waals surface area contributed by atoms with Crippen molar-refractivity contribution in [2.45, 2.75) is 6.92 Å². The molecule has 1 heterocycles. The lowest BCUT2D eigenvalue weighted by Gasteiger charge is -2.11. The van der Waals surface area contributed by atoms with Crippen LogP contribution in [-0.4, -0.2) is 44.5 Å². The second kappa shape index (κ2) is 11.7. The number of methoxy groups -OCH3 is 1. The maximum atomic E-state index is 12.3. The number of rotatable bonds is 10. The zero-order valence-corrected chi connectivity index (χ0v) is 19.2. The summed E-state index contributed by atoms with van der Waals surface area (Å²) in [6.45, 7) is 2.38. The maximum Gasteiger partial charge on any atom is 0.262 e. The number of carbonyl (C=O) groups is 3. The van der Waals surface area contributed by atoms with E-state index < -0.39 is 0 Å². The second-order valence-electron chi connectivity index (χ2n) is 7.06. The molecule has 2 aromatic carbocycles. The van der Waals surface area contributed by atoms with Crippen LogP contribution in [0.2, 0.25) is 0 Å². The van der Waals surface area contributed by atoms with Crippen LogP contribution in [0.25, 0.3) is 0 Å². The Labute approximate surface area is 195 Å². The van der Waals surface area contributed by atoms with E-state index in [0.717, 1.165) is 5.56 Å². The molecule has 33 heavy (non-hydrogen) atoms. The van der Waals surface area contributed by atoms with Gasteiger partial charge in [-0.1, -0.05) is 12.1 Å². The summed E-state index contributed by atoms with van der Waals surface area (Å²) in [7, 11) is 1.54. The van der Waals surface area contributed by atoms with E-state index in [1.165, 1.54) is 11.3 Å². The molecule has 3 amide bonds. The highest BCUT2D eigenvalue weighted by atomic mass is 32.1. The Morgan fingerprint density at radius 2 is 1.64 bits per heavy atom. The van der Waals surface area contributed by atoms with E-state index >= 15 is 0 Å². The van der Waals surface area contributed by atoms with Gasteiger partial charge >= 0.3 is 0 Å². The molecule has 9 heteroatoms. The van der Waals surface area contributed by atoms with Gasteiger partial charge in [0.15, 0.2) is 18.1 Å². The molecule has 8 nitrogen and oxygen atoms in total. The van der Waals surface area contributed by atoms with Gasteiger partial charge in [-0.2, -0.15) is 0 Å². The van der Waals surface area contributed by atoms with E-state index in [0.29, 0.717) is 40.7 Å². The van der Waals surface area contributed by atoms with Crippen molar-refractivity contribution in [2.24, 2.45) is 0 Å². The van der Waals surface area contributed by atoms with E-state index in [1.807, 2.05) is 30.5 Å². The van der Waals surface area contributed by atoms with Gasteiger partial charge in [0.1, 0.15) is 0 Å². The number of amides is 3. The predicted octanol–water partition coefficient (Wildman–Crippen LogP) is 3.24. The Kier molecular flexibility index (Phi) is 8.43. The van der Waals surface area contributed by atoms with Crippen molar-refractivity contribution in [3.05, 3.63) is 76.0 Å². The Bertz CT molecular complexity index is 1100. The topological polar surface area (TPSA) is 106 Å². The molecule has 172 valence electrons. The van der Waals surface area contributed by atoms with Crippen molar-refractivity contribution in [2.75, 3.05) is 32.1 Å². The molecule has 3 aromatic rings. The summed E-state index contributed by atoms with van der Waals surface area (Å²) in [5.74, 6) is 0.273. The number of hydrogen-bond acceptors (Lipinski definition) is 6. The highest BCUT2D eigenvalue weighted by Gasteiger charge is 2.10. The number of hydrogen-bond donors (Lipinski definition) is 3. The molecule has 0 atom stereocenters. The summed E-state index contributed by atoms with van der Waals surface area (Å²) in [4.78, 5) is 36.9. The smallest absolute Gasteiger partial charge is 0.262 e. The number of benzene rings is 2. The zero-order chi connectivity index (χ0) is 23.6. The molecule has 0 aliphatic heterocycles. The number of carbonyl (C=O) groups excluding carboxylic acids is 3. The van der Waals surface area contributed by atoms with E-state index in [9.17, 15) is 14.4 Å². The van der Waals surface area contributed by atoms with Gasteiger partial charge in [-0.3, -0.25) is 14.4 Å². The van der Waals surface area contributed by atoms with E-state index in [4.69, 9.17) is 9.47 Å². The maximum absolute atomic E-state index is 12.3. The van der Waals surface area contributed by atoms with Gasteiger partial charge in [-0.15, -0.1) is 11.3 Å². The van der Waals surface area contributed by atoms with Crippen molar-refractivity contribution >= 4 is 34.7 Å². The molecule has 3 N–H and O–H groups in total. The highest BCUT2D eigenvalue weighted by molar-refractivity contribution is 7.12. The van der Waals surface area contributed by atoms with Crippen molar-refractivity contribution in [3.63, 3.8) is 0 Å². The largest absolute Gasteiger partial charge is 0.493 e. The third kappa shape index (κ3) is 7.08. The fourth-order valence-electron chi connectivity index (χ4n) is 2.89. The third-order valence-electron chi connectivity index (χ3n) is 4.55. The standard InChI is InChI=1S/C24H25N3O5S/c1-16-5-10-19(20(14-16)31-2)32-15-22(28)27-18-8-6-17(7-9-18)23(29)25-11-12-26-24(30)21-4-3-13-33-21/h3-10,13-14H,11-12,15H2,1-2H3,(H,25,29)(H,26,30)(H,27,28). The summed E-state index contributed by atoms with van der Waals surface area (Å²) in [5, 5.41) is 10.0. The van der Waals surface area contributed by atoms with Crippen LogP contribution in [0.5, 0.6) is 11.5 Å². The molecular formula is C24H25N3O5S. The molecule has 0 unspecified atom stereocenters. The Morgan fingerprint density at radius 1 is 0.909 bits per heavy atom. The lowest BCUT2D eigenvalue weighted by molar-refractivity contribution is -0.118.